The minimum Gasteiger partial charge on any atom is -0.450 e. The van der Waals surface area contributed by atoms with E-state index in [1.807, 2.05) is 4.90 Å². The summed E-state index contributed by atoms with van der Waals surface area (Å²) < 4.78 is 4.98. The molecule has 0 aromatic heterocycles. The standard InChI is InChI=1S/C15H21N5O3S/c1-3-23-15(21)19-10-8-18(9-11-19)14(24)17-16-12(2)13-6-4-5-7-20(13)22/h4-7,22H,3,8-11H2,1-2H3/b13-12+,17-16?. The Hall–Kier alpha value is -2.26. The number of carbonyl (C=O) groups is 1. The van der Waals surface area contributed by atoms with Crippen LogP contribution in [0, 0.1) is 0 Å². The van der Waals surface area contributed by atoms with Crippen LogP contribution < -0.4 is 0 Å². The molecule has 2 rings (SSSR count). The van der Waals surface area contributed by atoms with Gasteiger partial charge in [-0.1, -0.05) is 6.08 Å². The zero-order chi connectivity index (χ0) is 17.5. The van der Waals surface area contributed by atoms with Crippen LogP contribution in [0.1, 0.15) is 13.8 Å². The molecule has 0 bridgehead atoms. The molecule has 9 heteroatoms. The van der Waals surface area contributed by atoms with E-state index in [2.05, 4.69) is 10.2 Å². The van der Waals surface area contributed by atoms with Gasteiger partial charge in [0.2, 0.25) is 5.11 Å². The van der Waals surface area contributed by atoms with Gasteiger partial charge in [-0.15, -0.1) is 5.11 Å². The first-order valence-electron chi connectivity index (χ1n) is 7.69. The number of piperazine rings is 1. The Morgan fingerprint density at radius 3 is 2.54 bits per heavy atom. The molecule has 2 heterocycles. The predicted molar refractivity (Wildman–Crippen MR) is 92.2 cm³/mol. The van der Waals surface area contributed by atoms with Crippen molar-refractivity contribution in [2.24, 2.45) is 10.2 Å². The quantitative estimate of drug-likeness (QED) is 0.608. The summed E-state index contributed by atoms with van der Waals surface area (Å²) in [7, 11) is 0. The number of thiocarbonyl (C=S) groups is 1. The first kappa shape index (κ1) is 18.1. The van der Waals surface area contributed by atoms with Gasteiger partial charge in [0.25, 0.3) is 0 Å². The minimum atomic E-state index is -0.301. The zero-order valence-electron chi connectivity index (χ0n) is 13.8. The van der Waals surface area contributed by atoms with Crippen molar-refractivity contribution in [1.29, 1.82) is 0 Å². The third-order valence-electron chi connectivity index (χ3n) is 3.57. The van der Waals surface area contributed by atoms with Crippen LogP contribution in [0.2, 0.25) is 0 Å². The molecular weight excluding hydrogens is 330 g/mol. The fraction of sp³-hybridized carbons (Fsp3) is 0.467. The average molecular weight is 351 g/mol. The zero-order valence-corrected chi connectivity index (χ0v) is 14.6. The molecule has 130 valence electrons. The summed E-state index contributed by atoms with van der Waals surface area (Å²) in [6, 6.07) is 0. The van der Waals surface area contributed by atoms with Gasteiger partial charge in [0.15, 0.2) is 0 Å². The molecule has 0 unspecified atom stereocenters. The molecular formula is C15H21N5O3S. The smallest absolute Gasteiger partial charge is 0.409 e. The first-order chi connectivity index (χ1) is 11.5. The number of allylic oxidation sites excluding steroid dienone is 4. The van der Waals surface area contributed by atoms with Crippen LogP contribution in [0.4, 0.5) is 4.79 Å². The fourth-order valence-electron chi connectivity index (χ4n) is 2.25. The maximum absolute atomic E-state index is 11.7. The van der Waals surface area contributed by atoms with E-state index >= 15 is 0 Å². The molecule has 0 spiro atoms. The summed E-state index contributed by atoms with van der Waals surface area (Å²) in [5, 5.41) is 19.2. The number of hydrogen-bond acceptors (Lipinski definition) is 6. The van der Waals surface area contributed by atoms with Gasteiger partial charge in [0, 0.05) is 32.4 Å². The van der Waals surface area contributed by atoms with Crippen molar-refractivity contribution >= 4 is 23.4 Å². The maximum atomic E-state index is 11.7. The van der Waals surface area contributed by atoms with Gasteiger partial charge in [0.05, 0.1) is 18.0 Å². The second-order valence-corrected chi connectivity index (χ2v) is 5.54. The third kappa shape index (κ3) is 4.62. The summed E-state index contributed by atoms with van der Waals surface area (Å²) in [6.45, 7) is 6.13. The Labute approximate surface area is 146 Å². The van der Waals surface area contributed by atoms with Gasteiger partial charge in [-0.3, -0.25) is 5.21 Å². The van der Waals surface area contributed by atoms with Crippen LogP contribution in [0.25, 0.3) is 0 Å². The van der Waals surface area contributed by atoms with Crippen molar-refractivity contribution in [3.8, 4) is 0 Å². The largest absolute Gasteiger partial charge is 0.450 e. The van der Waals surface area contributed by atoms with E-state index < -0.39 is 0 Å². The number of carbonyl (C=O) groups excluding carboxylic acids is 1. The van der Waals surface area contributed by atoms with E-state index in [1.165, 1.54) is 6.20 Å². The molecule has 2 aliphatic rings. The average Bonchev–Trinajstić information content (AvgIpc) is 2.60. The number of hydrogen-bond donors (Lipinski definition) is 1. The molecule has 0 saturated carbocycles. The molecule has 0 aromatic carbocycles. The SMILES string of the molecule is CCOC(=O)N1CCN(C(=S)N=N/C(C)=C2\C=CC=CN2O)CC1. The van der Waals surface area contributed by atoms with Crippen LogP contribution >= 0.6 is 12.2 Å². The second-order valence-electron chi connectivity index (χ2n) is 5.17. The topological polar surface area (TPSA) is 81.0 Å². The van der Waals surface area contributed by atoms with Crippen molar-refractivity contribution < 1.29 is 14.7 Å². The highest BCUT2D eigenvalue weighted by molar-refractivity contribution is 7.80. The van der Waals surface area contributed by atoms with Crippen LogP contribution in [-0.2, 0) is 4.74 Å². The number of ether oxygens (including phenoxy) is 1. The molecule has 0 atom stereocenters. The highest BCUT2D eigenvalue weighted by Crippen LogP contribution is 2.16. The van der Waals surface area contributed by atoms with E-state index in [0.29, 0.717) is 49.3 Å². The molecule has 1 amide bonds. The molecule has 24 heavy (non-hydrogen) atoms. The number of nitrogens with zero attached hydrogens (tertiary/aromatic N) is 5. The van der Waals surface area contributed by atoms with Gasteiger partial charge in [-0.05, 0) is 38.2 Å². The molecule has 1 fully saturated rings. The number of azo groups is 1. The van der Waals surface area contributed by atoms with Crippen molar-refractivity contribution in [2.75, 3.05) is 32.8 Å². The summed E-state index contributed by atoms with van der Waals surface area (Å²) in [6.07, 6.45) is 6.46. The van der Waals surface area contributed by atoms with E-state index in [4.69, 9.17) is 17.0 Å². The van der Waals surface area contributed by atoms with Crippen molar-refractivity contribution in [3.63, 3.8) is 0 Å². The normalized spacial score (nSPS) is 19.9. The van der Waals surface area contributed by atoms with E-state index in [-0.39, 0.29) is 6.09 Å². The molecule has 1 saturated heterocycles. The summed E-state index contributed by atoms with van der Waals surface area (Å²) >= 11 is 5.28. The van der Waals surface area contributed by atoms with Crippen molar-refractivity contribution in [1.82, 2.24) is 14.9 Å². The molecule has 2 aliphatic heterocycles. The summed E-state index contributed by atoms with van der Waals surface area (Å²) in [5.74, 6) is 0. The number of rotatable bonds is 2. The maximum Gasteiger partial charge on any atom is 0.409 e. The number of amides is 1. The monoisotopic (exact) mass is 351 g/mol. The van der Waals surface area contributed by atoms with Gasteiger partial charge < -0.3 is 14.5 Å². The van der Waals surface area contributed by atoms with E-state index in [0.717, 1.165) is 5.06 Å². The van der Waals surface area contributed by atoms with Crippen LogP contribution in [0.3, 0.4) is 0 Å². The first-order valence-corrected chi connectivity index (χ1v) is 8.10. The molecule has 1 N–H and O–H groups in total. The number of hydroxylamine groups is 2. The lowest BCUT2D eigenvalue weighted by Gasteiger charge is -2.33. The van der Waals surface area contributed by atoms with Gasteiger partial charge in [-0.2, -0.15) is 5.11 Å². The van der Waals surface area contributed by atoms with Gasteiger partial charge in [-0.25, -0.2) is 9.86 Å². The third-order valence-corrected chi connectivity index (χ3v) is 3.91. The minimum absolute atomic E-state index is 0.301. The highest BCUT2D eigenvalue weighted by atomic mass is 32.1. The lowest BCUT2D eigenvalue weighted by atomic mass is 10.2. The van der Waals surface area contributed by atoms with Crippen LogP contribution in [-0.4, -0.2) is 64.1 Å². The summed E-state index contributed by atoms with van der Waals surface area (Å²) in [4.78, 5) is 15.2. The Kier molecular flexibility index (Phi) is 6.44. The van der Waals surface area contributed by atoms with Gasteiger partial charge >= 0.3 is 6.09 Å². The Balaban J connectivity index is 1.90. The molecule has 0 aromatic rings. The Morgan fingerprint density at radius 1 is 1.25 bits per heavy atom. The van der Waals surface area contributed by atoms with Crippen LogP contribution in [0.5, 0.6) is 0 Å². The fourth-order valence-corrected chi connectivity index (χ4v) is 2.47. The van der Waals surface area contributed by atoms with E-state index in [9.17, 15) is 10.0 Å². The van der Waals surface area contributed by atoms with E-state index in [1.54, 1.807) is 37.0 Å². The lowest BCUT2D eigenvalue weighted by molar-refractivity contribution is -0.00149. The molecule has 0 aliphatic carbocycles. The van der Waals surface area contributed by atoms with Crippen molar-refractivity contribution in [2.45, 2.75) is 13.8 Å². The summed E-state index contributed by atoms with van der Waals surface area (Å²) in [5.41, 5.74) is 1.08. The predicted octanol–water partition coefficient (Wildman–Crippen LogP) is 2.50. The van der Waals surface area contributed by atoms with Crippen LogP contribution in [0.15, 0.2) is 46.1 Å². The Morgan fingerprint density at radius 2 is 1.92 bits per heavy atom. The lowest BCUT2D eigenvalue weighted by Crippen LogP contribution is -2.50. The molecule has 8 nitrogen and oxygen atoms in total. The van der Waals surface area contributed by atoms with Gasteiger partial charge in [0.1, 0.15) is 0 Å². The highest BCUT2D eigenvalue weighted by Gasteiger charge is 2.23. The Bertz CT molecular complexity index is 606. The molecule has 0 radical (unpaired) electrons. The van der Waals surface area contributed by atoms with Crippen molar-refractivity contribution in [3.05, 3.63) is 35.8 Å². The second kappa shape index (κ2) is 8.55.